The van der Waals surface area contributed by atoms with Crippen LogP contribution in [0, 0.1) is 0 Å². The molecule has 0 aliphatic rings. The van der Waals surface area contributed by atoms with Crippen molar-refractivity contribution in [3.05, 3.63) is 60.3 Å². The van der Waals surface area contributed by atoms with Gasteiger partial charge in [0.25, 0.3) is 0 Å². The van der Waals surface area contributed by atoms with E-state index in [4.69, 9.17) is 0 Å². The van der Waals surface area contributed by atoms with Crippen LogP contribution in [0.1, 0.15) is 5.56 Å². The maximum Gasteiger partial charge on any atom is 0.228 e. The number of carbonyl (C=O) groups is 1. The molecule has 0 fully saturated rings. The highest BCUT2D eigenvalue weighted by Gasteiger charge is 2.08. The summed E-state index contributed by atoms with van der Waals surface area (Å²) >= 11 is 0. The van der Waals surface area contributed by atoms with E-state index < -0.39 is 0 Å². The third-order valence-corrected chi connectivity index (χ3v) is 3.16. The molecule has 1 amide bonds. The Labute approximate surface area is 116 Å². The van der Waals surface area contributed by atoms with Crippen LogP contribution in [0.4, 0.5) is 5.69 Å². The van der Waals surface area contributed by atoms with E-state index in [9.17, 15) is 9.90 Å². The number of aromatic amines is 1. The zero-order chi connectivity index (χ0) is 13.9. The predicted octanol–water partition coefficient (Wildman–Crippen LogP) is 3.05. The molecule has 2 aromatic carbocycles. The lowest BCUT2D eigenvalue weighted by Gasteiger charge is -2.05. The standard InChI is InChI=1S/C16H14N2O2/c19-13-5-3-4-12(9-13)18-16(20)8-11-10-17-15-7-2-1-6-14(11)15/h1-7,9-10,17,19H,8H2,(H,18,20). The number of rotatable bonds is 3. The van der Waals surface area contributed by atoms with Crippen molar-refractivity contribution >= 4 is 22.5 Å². The Kier molecular flexibility index (Phi) is 3.13. The Morgan fingerprint density at radius 2 is 2.00 bits per heavy atom. The number of anilines is 1. The third-order valence-electron chi connectivity index (χ3n) is 3.16. The molecule has 1 heterocycles. The zero-order valence-electron chi connectivity index (χ0n) is 10.8. The largest absolute Gasteiger partial charge is 0.508 e. The first-order valence-electron chi connectivity index (χ1n) is 6.36. The van der Waals surface area contributed by atoms with Crippen LogP contribution in [-0.2, 0) is 11.2 Å². The number of phenolic OH excluding ortho intramolecular Hbond substituents is 1. The van der Waals surface area contributed by atoms with Crippen LogP contribution in [0.2, 0.25) is 0 Å². The summed E-state index contributed by atoms with van der Waals surface area (Å²) in [6.07, 6.45) is 2.15. The van der Waals surface area contributed by atoms with Crippen molar-refractivity contribution < 1.29 is 9.90 Å². The van der Waals surface area contributed by atoms with E-state index in [1.54, 1.807) is 18.2 Å². The molecule has 20 heavy (non-hydrogen) atoms. The molecular weight excluding hydrogens is 252 g/mol. The van der Waals surface area contributed by atoms with Crippen molar-refractivity contribution in [1.29, 1.82) is 0 Å². The molecule has 0 unspecified atom stereocenters. The second-order valence-electron chi connectivity index (χ2n) is 4.63. The molecule has 1 aromatic heterocycles. The lowest BCUT2D eigenvalue weighted by molar-refractivity contribution is -0.115. The number of phenols is 1. The molecule has 0 radical (unpaired) electrons. The number of H-pyrrole nitrogens is 1. The van der Waals surface area contributed by atoms with Crippen molar-refractivity contribution in [2.24, 2.45) is 0 Å². The van der Waals surface area contributed by atoms with Crippen molar-refractivity contribution in [2.45, 2.75) is 6.42 Å². The molecular formula is C16H14N2O2. The quantitative estimate of drug-likeness (QED) is 0.682. The number of hydrogen-bond donors (Lipinski definition) is 3. The fourth-order valence-corrected chi connectivity index (χ4v) is 2.24. The minimum atomic E-state index is -0.111. The molecule has 0 saturated heterocycles. The van der Waals surface area contributed by atoms with Gasteiger partial charge in [0.2, 0.25) is 5.91 Å². The molecule has 3 aromatic rings. The molecule has 0 spiro atoms. The summed E-state index contributed by atoms with van der Waals surface area (Å²) in [4.78, 5) is 15.2. The van der Waals surface area contributed by atoms with Gasteiger partial charge in [-0.05, 0) is 23.8 Å². The maximum atomic E-state index is 12.0. The monoisotopic (exact) mass is 266 g/mol. The topological polar surface area (TPSA) is 65.1 Å². The van der Waals surface area contributed by atoms with Crippen molar-refractivity contribution in [3.63, 3.8) is 0 Å². The molecule has 100 valence electrons. The van der Waals surface area contributed by atoms with Crippen LogP contribution < -0.4 is 5.32 Å². The van der Waals surface area contributed by atoms with Gasteiger partial charge in [-0.15, -0.1) is 0 Å². The van der Waals surface area contributed by atoms with Gasteiger partial charge in [-0.1, -0.05) is 24.3 Å². The summed E-state index contributed by atoms with van der Waals surface area (Å²) < 4.78 is 0. The smallest absolute Gasteiger partial charge is 0.228 e. The number of aromatic hydroxyl groups is 1. The lowest BCUT2D eigenvalue weighted by atomic mass is 10.1. The van der Waals surface area contributed by atoms with E-state index >= 15 is 0 Å². The Bertz CT molecular complexity index is 762. The molecule has 0 bridgehead atoms. The van der Waals surface area contributed by atoms with Gasteiger partial charge in [-0.3, -0.25) is 4.79 Å². The third kappa shape index (κ3) is 2.49. The first-order chi connectivity index (χ1) is 9.72. The highest BCUT2D eigenvalue weighted by atomic mass is 16.3. The van der Waals surface area contributed by atoms with Gasteiger partial charge >= 0.3 is 0 Å². The van der Waals surface area contributed by atoms with Gasteiger partial charge < -0.3 is 15.4 Å². The number of carbonyl (C=O) groups excluding carboxylic acids is 1. The molecule has 0 saturated carbocycles. The molecule has 0 aliphatic carbocycles. The van der Waals surface area contributed by atoms with E-state index in [1.807, 2.05) is 30.5 Å². The number of amides is 1. The summed E-state index contributed by atoms with van der Waals surface area (Å²) in [6, 6.07) is 14.4. The number of para-hydroxylation sites is 1. The van der Waals surface area contributed by atoms with Gasteiger partial charge in [0.05, 0.1) is 6.42 Å². The van der Waals surface area contributed by atoms with E-state index in [0.717, 1.165) is 16.5 Å². The number of benzene rings is 2. The normalized spacial score (nSPS) is 10.6. The predicted molar refractivity (Wildman–Crippen MR) is 78.7 cm³/mol. The summed E-state index contributed by atoms with van der Waals surface area (Å²) in [7, 11) is 0. The first kappa shape index (κ1) is 12.3. The molecule has 4 heteroatoms. The summed E-state index contributed by atoms with van der Waals surface area (Å²) in [5.41, 5.74) is 2.57. The maximum absolute atomic E-state index is 12.0. The van der Waals surface area contributed by atoms with Gasteiger partial charge in [0.1, 0.15) is 5.75 Å². The summed E-state index contributed by atoms with van der Waals surface area (Å²) in [5, 5.41) is 13.2. The molecule has 0 atom stereocenters. The highest BCUT2D eigenvalue weighted by Crippen LogP contribution is 2.19. The number of hydrogen-bond acceptors (Lipinski definition) is 2. The fourth-order valence-electron chi connectivity index (χ4n) is 2.24. The summed E-state index contributed by atoms with van der Waals surface area (Å²) in [6.45, 7) is 0. The minimum absolute atomic E-state index is 0.111. The van der Waals surface area contributed by atoms with Crippen molar-refractivity contribution in [2.75, 3.05) is 5.32 Å². The minimum Gasteiger partial charge on any atom is -0.508 e. The number of aromatic nitrogens is 1. The SMILES string of the molecule is O=C(Cc1c[nH]c2ccccc12)Nc1cccc(O)c1. The van der Waals surface area contributed by atoms with Crippen LogP contribution in [0.5, 0.6) is 5.75 Å². The van der Waals surface area contributed by atoms with Crippen LogP contribution in [0.3, 0.4) is 0 Å². The van der Waals surface area contributed by atoms with E-state index in [0.29, 0.717) is 12.1 Å². The molecule has 3 rings (SSSR count). The van der Waals surface area contributed by atoms with Gasteiger partial charge in [-0.25, -0.2) is 0 Å². The van der Waals surface area contributed by atoms with Crippen molar-refractivity contribution in [3.8, 4) is 5.75 Å². The van der Waals surface area contributed by atoms with E-state index in [1.165, 1.54) is 6.07 Å². The van der Waals surface area contributed by atoms with E-state index in [-0.39, 0.29) is 11.7 Å². The second kappa shape index (κ2) is 5.09. The van der Waals surface area contributed by atoms with Gasteiger partial charge in [0, 0.05) is 28.9 Å². The van der Waals surface area contributed by atoms with Crippen LogP contribution in [0.15, 0.2) is 54.7 Å². The average Bonchev–Trinajstić information content (AvgIpc) is 2.82. The Hall–Kier alpha value is -2.75. The zero-order valence-corrected chi connectivity index (χ0v) is 10.8. The number of nitrogens with one attached hydrogen (secondary N) is 2. The van der Waals surface area contributed by atoms with Crippen LogP contribution >= 0.6 is 0 Å². The lowest BCUT2D eigenvalue weighted by Crippen LogP contribution is -2.14. The van der Waals surface area contributed by atoms with Crippen LogP contribution in [0.25, 0.3) is 10.9 Å². The van der Waals surface area contributed by atoms with Crippen molar-refractivity contribution in [1.82, 2.24) is 4.98 Å². The average molecular weight is 266 g/mol. The van der Waals surface area contributed by atoms with E-state index in [2.05, 4.69) is 10.3 Å². The summed E-state index contributed by atoms with van der Waals surface area (Å²) in [5.74, 6) is 0.0234. The highest BCUT2D eigenvalue weighted by molar-refractivity contribution is 5.95. The van der Waals surface area contributed by atoms with Gasteiger partial charge in [0.15, 0.2) is 0 Å². The van der Waals surface area contributed by atoms with Gasteiger partial charge in [-0.2, -0.15) is 0 Å². The molecule has 0 aliphatic heterocycles. The fraction of sp³-hybridized carbons (Fsp3) is 0.0625. The Morgan fingerprint density at radius 1 is 1.15 bits per heavy atom. The molecule has 4 nitrogen and oxygen atoms in total. The Morgan fingerprint density at radius 3 is 2.85 bits per heavy atom. The number of fused-ring (bicyclic) bond motifs is 1. The molecule has 3 N–H and O–H groups in total. The van der Waals surface area contributed by atoms with Crippen LogP contribution in [-0.4, -0.2) is 16.0 Å². The first-order valence-corrected chi connectivity index (χ1v) is 6.36. The second-order valence-corrected chi connectivity index (χ2v) is 4.63. The Balaban J connectivity index is 1.76.